The molecule has 9 aromatic carbocycles. The molecular formula is C54H33N3O. The van der Waals surface area contributed by atoms with Crippen LogP contribution in [0.15, 0.2) is 205 Å². The molecule has 58 heavy (non-hydrogen) atoms. The molecule has 0 N–H and O–H groups in total. The minimum Gasteiger partial charge on any atom is -0.454 e. The van der Waals surface area contributed by atoms with Crippen LogP contribution < -0.4 is 0 Å². The van der Waals surface area contributed by atoms with Gasteiger partial charge in [0.2, 0.25) is 0 Å². The van der Waals surface area contributed by atoms with Crippen molar-refractivity contribution in [1.82, 2.24) is 13.7 Å². The Morgan fingerprint density at radius 1 is 0.276 bits per heavy atom. The predicted octanol–water partition coefficient (Wildman–Crippen LogP) is 14.5. The number of hydrogen-bond acceptors (Lipinski definition) is 1. The molecule has 0 unspecified atom stereocenters. The van der Waals surface area contributed by atoms with Crippen molar-refractivity contribution >= 4 is 87.4 Å². The van der Waals surface area contributed by atoms with Crippen molar-refractivity contribution in [3.8, 4) is 28.2 Å². The second-order valence-corrected chi connectivity index (χ2v) is 15.3. The molecule has 0 saturated heterocycles. The highest BCUT2D eigenvalue weighted by molar-refractivity contribution is 6.22. The van der Waals surface area contributed by atoms with Gasteiger partial charge < -0.3 is 18.1 Å². The average molecular weight is 740 g/mol. The minimum atomic E-state index is 0.902. The van der Waals surface area contributed by atoms with Gasteiger partial charge in [0.25, 0.3) is 0 Å². The van der Waals surface area contributed by atoms with Gasteiger partial charge in [-0.1, -0.05) is 115 Å². The lowest BCUT2D eigenvalue weighted by molar-refractivity contribution is 0.671. The van der Waals surface area contributed by atoms with Gasteiger partial charge >= 0.3 is 0 Å². The summed E-state index contributed by atoms with van der Waals surface area (Å²) in [6.45, 7) is 0. The molecule has 4 heteroatoms. The molecule has 0 atom stereocenters. The van der Waals surface area contributed by atoms with Crippen LogP contribution in [-0.2, 0) is 0 Å². The van der Waals surface area contributed by atoms with E-state index in [9.17, 15) is 0 Å². The smallest absolute Gasteiger partial charge is 0.160 e. The van der Waals surface area contributed by atoms with E-state index >= 15 is 0 Å². The summed E-state index contributed by atoms with van der Waals surface area (Å²) in [7, 11) is 0. The van der Waals surface area contributed by atoms with Gasteiger partial charge in [0, 0.05) is 60.2 Å². The van der Waals surface area contributed by atoms with Crippen LogP contribution in [0.2, 0.25) is 0 Å². The van der Waals surface area contributed by atoms with Crippen LogP contribution in [0.1, 0.15) is 0 Å². The Labute approximate surface area is 332 Å². The summed E-state index contributed by atoms with van der Waals surface area (Å²) in [5.41, 5.74) is 14.6. The molecule has 0 radical (unpaired) electrons. The zero-order chi connectivity index (χ0) is 37.9. The van der Waals surface area contributed by atoms with E-state index in [1.807, 2.05) is 6.07 Å². The summed E-state index contributed by atoms with van der Waals surface area (Å²) in [5, 5.41) is 9.59. The Balaban J connectivity index is 1.02. The monoisotopic (exact) mass is 739 g/mol. The Morgan fingerprint density at radius 3 is 1.41 bits per heavy atom. The Hall–Kier alpha value is -7.82. The maximum Gasteiger partial charge on any atom is 0.160 e. The summed E-state index contributed by atoms with van der Waals surface area (Å²) < 4.78 is 13.8. The van der Waals surface area contributed by atoms with Gasteiger partial charge in [-0.25, -0.2) is 0 Å². The zero-order valence-electron chi connectivity index (χ0n) is 31.3. The van der Waals surface area contributed by atoms with E-state index in [4.69, 9.17) is 4.42 Å². The van der Waals surface area contributed by atoms with E-state index < -0.39 is 0 Å². The number of furan rings is 1. The number of hydrogen-bond donors (Lipinski definition) is 0. The molecule has 0 aliphatic rings. The van der Waals surface area contributed by atoms with Crippen LogP contribution in [0.25, 0.3) is 116 Å². The predicted molar refractivity (Wildman–Crippen MR) is 242 cm³/mol. The van der Waals surface area contributed by atoms with Crippen molar-refractivity contribution < 1.29 is 4.42 Å². The Bertz CT molecular complexity index is 3790. The van der Waals surface area contributed by atoms with Crippen molar-refractivity contribution in [2.45, 2.75) is 0 Å². The first kappa shape index (κ1) is 31.4. The van der Waals surface area contributed by atoms with Gasteiger partial charge in [-0.3, -0.25) is 0 Å². The molecule has 0 aliphatic carbocycles. The van der Waals surface area contributed by atoms with E-state index in [-0.39, 0.29) is 0 Å². The van der Waals surface area contributed by atoms with Gasteiger partial charge in [0.1, 0.15) is 5.58 Å². The topological polar surface area (TPSA) is 27.9 Å². The summed E-state index contributed by atoms with van der Waals surface area (Å²) >= 11 is 0. The van der Waals surface area contributed by atoms with Crippen molar-refractivity contribution in [2.24, 2.45) is 0 Å². The maximum absolute atomic E-state index is 6.66. The third-order valence-electron chi connectivity index (χ3n) is 12.2. The molecule has 0 fully saturated rings. The quantitative estimate of drug-likeness (QED) is 0.177. The Morgan fingerprint density at radius 2 is 0.759 bits per heavy atom. The summed E-state index contributed by atoms with van der Waals surface area (Å²) in [6, 6.07) is 72.5. The third kappa shape index (κ3) is 4.34. The number of nitrogens with zero attached hydrogens (tertiary/aromatic N) is 3. The van der Waals surface area contributed by atoms with Crippen LogP contribution >= 0.6 is 0 Å². The first-order valence-electron chi connectivity index (χ1n) is 19.8. The molecule has 0 saturated carbocycles. The van der Waals surface area contributed by atoms with Crippen LogP contribution in [0, 0.1) is 0 Å². The molecule has 270 valence electrons. The van der Waals surface area contributed by atoms with Crippen molar-refractivity contribution in [2.75, 3.05) is 0 Å². The molecule has 4 nitrogen and oxygen atoms in total. The normalized spacial score (nSPS) is 12.1. The van der Waals surface area contributed by atoms with E-state index in [1.165, 1.54) is 71.2 Å². The fourth-order valence-electron chi connectivity index (χ4n) is 9.69. The molecule has 0 amide bonds. The first-order chi connectivity index (χ1) is 28.8. The lowest BCUT2D eigenvalue weighted by Gasteiger charge is -2.11. The molecule has 13 aromatic rings. The molecule has 4 aromatic heterocycles. The van der Waals surface area contributed by atoms with Crippen LogP contribution in [-0.4, -0.2) is 13.7 Å². The number of para-hydroxylation sites is 5. The largest absolute Gasteiger partial charge is 0.454 e. The van der Waals surface area contributed by atoms with Crippen LogP contribution in [0.5, 0.6) is 0 Å². The highest BCUT2D eigenvalue weighted by atomic mass is 16.3. The fraction of sp³-hybridized carbons (Fsp3) is 0. The van der Waals surface area contributed by atoms with Gasteiger partial charge in [-0.05, 0) is 96.1 Å². The maximum atomic E-state index is 6.66. The summed E-state index contributed by atoms with van der Waals surface area (Å²) in [6.07, 6.45) is 0. The second kappa shape index (κ2) is 11.8. The van der Waals surface area contributed by atoms with Gasteiger partial charge in [-0.2, -0.15) is 0 Å². The average Bonchev–Trinajstić information content (AvgIpc) is 4.03. The number of aromatic nitrogens is 3. The summed E-state index contributed by atoms with van der Waals surface area (Å²) in [4.78, 5) is 0. The van der Waals surface area contributed by atoms with Gasteiger partial charge in [0.15, 0.2) is 5.58 Å². The second-order valence-electron chi connectivity index (χ2n) is 15.3. The van der Waals surface area contributed by atoms with Crippen LogP contribution in [0.3, 0.4) is 0 Å². The molecule has 0 spiro atoms. The zero-order valence-corrected chi connectivity index (χ0v) is 31.3. The molecular weight excluding hydrogens is 707 g/mol. The minimum absolute atomic E-state index is 0.902. The van der Waals surface area contributed by atoms with Crippen molar-refractivity contribution in [3.63, 3.8) is 0 Å². The van der Waals surface area contributed by atoms with Crippen molar-refractivity contribution in [3.05, 3.63) is 200 Å². The lowest BCUT2D eigenvalue weighted by Crippen LogP contribution is -1.97. The highest BCUT2D eigenvalue weighted by Crippen LogP contribution is 2.43. The molecule has 0 aliphatic heterocycles. The van der Waals surface area contributed by atoms with E-state index in [0.717, 1.165) is 44.3 Å². The standard InChI is InChI=1S/C54H33N3O/c1-3-13-36(14-4-1)55-47-20-10-7-17-39(47)45-31-34(23-29-49(45)55)35-24-30-50-46(32-35)40-18-8-11-21-48(40)56(50)38-25-26-41-43-27-28-44-42-19-9-12-22-52(42)58-54(44)53(43)57(51(41)33-38)37-15-5-2-6-16-37/h1-33H. The summed E-state index contributed by atoms with van der Waals surface area (Å²) in [5.74, 6) is 0. The van der Waals surface area contributed by atoms with E-state index in [1.54, 1.807) is 0 Å². The van der Waals surface area contributed by atoms with Gasteiger partial charge in [-0.15, -0.1) is 0 Å². The van der Waals surface area contributed by atoms with E-state index in [0.29, 0.717) is 0 Å². The molecule has 13 rings (SSSR count). The number of fused-ring (bicyclic) bond motifs is 13. The third-order valence-corrected chi connectivity index (χ3v) is 12.2. The highest BCUT2D eigenvalue weighted by Gasteiger charge is 2.21. The SMILES string of the molecule is c1ccc(-n2c3ccccc3c3cc(-c4ccc5c(c4)c4ccccc4n5-c4ccc5c6ccc7c8ccccc8oc7c6n(-c6ccccc6)c5c4)ccc32)cc1. The van der Waals surface area contributed by atoms with Gasteiger partial charge in [0.05, 0.1) is 33.1 Å². The van der Waals surface area contributed by atoms with Crippen LogP contribution in [0.4, 0.5) is 0 Å². The molecule has 0 bridgehead atoms. The fourth-order valence-corrected chi connectivity index (χ4v) is 9.69. The molecule has 4 heterocycles. The first-order valence-corrected chi connectivity index (χ1v) is 19.8. The van der Waals surface area contributed by atoms with Crippen molar-refractivity contribution in [1.29, 1.82) is 0 Å². The van der Waals surface area contributed by atoms with E-state index in [2.05, 4.69) is 208 Å². The lowest BCUT2D eigenvalue weighted by atomic mass is 10.0. The Kier molecular flexibility index (Phi) is 6.41. The number of rotatable bonds is 4. The number of benzene rings is 9.